The third-order valence-electron chi connectivity index (χ3n) is 4.20. The summed E-state index contributed by atoms with van der Waals surface area (Å²) in [6.45, 7) is 7.52. The lowest BCUT2D eigenvalue weighted by Gasteiger charge is -2.31. The molecule has 1 aliphatic carbocycles. The Balaban J connectivity index is 2.46. The van der Waals surface area contributed by atoms with Gasteiger partial charge < -0.3 is 0 Å². The molecule has 0 aliphatic heterocycles. The highest BCUT2D eigenvalue weighted by molar-refractivity contribution is 7.89. The molecule has 1 aliphatic rings. The summed E-state index contributed by atoms with van der Waals surface area (Å²) < 4.78 is 27.6. The molecule has 122 valence electrons. The van der Waals surface area contributed by atoms with E-state index in [-0.39, 0.29) is 28.6 Å². The van der Waals surface area contributed by atoms with Crippen molar-refractivity contribution < 1.29 is 13.3 Å². The van der Waals surface area contributed by atoms with E-state index in [0.717, 1.165) is 12.8 Å². The van der Waals surface area contributed by atoms with Gasteiger partial charge in [-0.05, 0) is 44.2 Å². The van der Waals surface area contributed by atoms with Crippen molar-refractivity contribution in [1.82, 2.24) is 4.31 Å². The van der Waals surface area contributed by atoms with Crippen LogP contribution in [0.2, 0.25) is 0 Å². The summed E-state index contributed by atoms with van der Waals surface area (Å²) in [6, 6.07) is 3.87. The third kappa shape index (κ3) is 3.15. The number of hydrogen-bond donors (Lipinski definition) is 0. The number of nitro groups is 1. The predicted octanol–water partition coefficient (Wildman–Crippen LogP) is 3.10. The first-order valence-electron chi connectivity index (χ1n) is 7.45. The van der Waals surface area contributed by atoms with Crippen molar-refractivity contribution >= 4 is 15.7 Å². The Morgan fingerprint density at radius 2 is 1.86 bits per heavy atom. The van der Waals surface area contributed by atoms with E-state index in [1.165, 1.54) is 18.2 Å². The minimum absolute atomic E-state index is 0.0528. The Kier molecular flexibility index (Phi) is 4.58. The molecule has 0 radical (unpaired) electrons. The summed E-state index contributed by atoms with van der Waals surface area (Å²) in [4.78, 5) is 10.5. The standard InChI is InChI=1S/C15H22N2O4S/c1-10(2)12(4)16(13-5-6-13)22(20,21)15-8-7-14(17(18)19)9-11(15)3/h7-10,12-13H,5-6H2,1-4H3. The molecule has 0 spiro atoms. The van der Waals surface area contributed by atoms with Crippen LogP contribution >= 0.6 is 0 Å². The van der Waals surface area contributed by atoms with Gasteiger partial charge >= 0.3 is 0 Å². The number of aryl methyl sites for hydroxylation is 1. The lowest BCUT2D eigenvalue weighted by molar-refractivity contribution is -0.385. The topological polar surface area (TPSA) is 80.5 Å². The summed E-state index contributed by atoms with van der Waals surface area (Å²) in [6.07, 6.45) is 1.75. The Labute approximate surface area is 131 Å². The molecule has 0 bridgehead atoms. The van der Waals surface area contributed by atoms with Crippen molar-refractivity contribution in [3.8, 4) is 0 Å². The van der Waals surface area contributed by atoms with Crippen molar-refractivity contribution in [2.45, 2.75) is 57.5 Å². The fraction of sp³-hybridized carbons (Fsp3) is 0.600. The number of rotatable bonds is 6. The van der Waals surface area contributed by atoms with Gasteiger partial charge in [-0.15, -0.1) is 0 Å². The monoisotopic (exact) mass is 326 g/mol. The molecule has 0 saturated heterocycles. The summed E-state index contributed by atoms with van der Waals surface area (Å²) >= 11 is 0. The van der Waals surface area contributed by atoms with Gasteiger partial charge in [-0.2, -0.15) is 4.31 Å². The molecule has 1 fully saturated rings. The quantitative estimate of drug-likeness (QED) is 0.594. The van der Waals surface area contributed by atoms with Crippen molar-refractivity contribution in [1.29, 1.82) is 0 Å². The summed E-state index contributed by atoms with van der Waals surface area (Å²) in [5, 5.41) is 10.8. The SMILES string of the molecule is Cc1cc([N+](=O)[O-])ccc1S(=O)(=O)N(C1CC1)C(C)C(C)C. The molecule has 7 heteroatoms. The third-order valence-corrected chi connectivity index (χ3v) is 6.40. The maximum absolute atomic E-state index is 13.0. The van der Waals surface area contributed by atoms with Crippen LogP contribution in [0.5, 0.6) is 0 Å². The van der Waals surface area contributed by atoms with Crippen LogP contribution in [0.1, 0.15) is 39.2 Å². The second-order valence-electron chi connectivity index (χ2n) is 6.26. The number of hydrogen-bond acceptors (Lipinski definition) is 4. The second kappa shape index (κ2) is 5.96. The molecule has 1 saturated carbocycles. The first-order chi connectivity index (χ1) is 10.2. The maximum atomic E-state index is 13.0. The Morgan fingerprint density at radius 3 is 2.27 bits per heavy atom. The molecule has 2 rings (SSSR count). The zero-order chi connectivity index (χ0) is 16.7. The molecule has 22 heavy (non-hydrogen) atoms. The van der Waals surface area contributed by atoms with E-state index in [1.807, 2.05) is 20.8 Å². The number of nitro benzene ring substituents is 1. The van der Waals surface area contributed by atoms with Gasteiger partial charge in [-0.25, -0.2) is 8.42 Å². The van der Waals surface area contributed by atoms with E-state index in [0.29, 0.717) is 5.56 Å². The largest absolute Gasteiger partial charge is 0.269 e. The van der Waals surface area contributed by atoms with Crippen molar-refractivity contribution in [3.05, 3.63) is 33.9 Å². The molecule has 1 atom stereocenters. The molecule has 0 heterocycles. The van der Waals surface area contributed by atoms with Crippen LogP contribution in [0.3, 0.4) is 0 Å². The van der Waals surface area contributed by atoms with Crippen LogP contribution in [-0.2, 0) is 10.0 Å². The van der Waals surface area contributed by atoms with Crippen molar-refractivity contribution in [2.75, 3.05) is 0 Å². The summed E-state index contributed by atoms with van der Waals surface area (Å²) in [5.74, 6) is 0.203. The van der Waals surface area contributed by atoms with Crippen LogP contribution < -0.4 is 0 Å². The van der Waals surface area contributed by atoms with Gasteiger partial charge in [-0.1, -0.05) is 13.8 Å². The van der Waals surface area contributed by atoms with Crippen LogP contribution in [0.15, 0.2) is 23.1 Å². The number of benzene rings is 1. The minimum Gasteiger partial charge on any atom is -0.258 e. The minimum atomic E-state index is -3.64. The lowest BCUT2D eigenvalue weighted by Crippen LogP contribution is -2.43. The van der Waals surface area contributed by atoms with E-state index in [9.17, 15) is 18.5 Å². The van der Waals surface area contributed by atoms with Gasteiger partial charge in [0.1, 0.15) is 0 Å². The molecule has 0 amide bonds. The number of nitrogens with zero attached hydrogens (tertiary/aromatic N) is 2. The highest BCUT2D eigenvalue weighted by Gasteiger charge is 2.42. The van der Waals surface area contributed by atoms with E-state index in [4.69, 9.17) is 0 Å². The van der Waals surface area contributed by atoms with Crippen molar-refractivity contribution in [3.63, 3.8) is 0 Å². The van der Waals surface area contributed by atoms with E-state index >= 15 is 0 Å². The van der Waals surface area contributed by atoms with Gasteiger partial charge in [0, 0.05) is 24.2 Å². The number of sulfonamides is 1. The van der Waals surface area contributed by atoms with Crippen LogP contribution in [0, 0.1) is 23.0 Å². The first kappa shape index (κ1) is 16.9. The zero-order valence-electron chi connectivity index (χ0n) is 13.3. The number of non-ortho nitro benzene ring substituents is 1. The molecule has 1 aromatic carbocycles. The van der Waals surface area contributed by atoms with Crippen molar-refractivity contribution in [2.24, 2.45) is 5.92 Å². The van der Waals surface area contributed by atoms with Crippen LogP contribution in [0.25, 0.3) is 0 Å². The van der Waals surface area contributed by atoms with Gasteiger partial charge in [0.25, 0.3) is 5.69 Å². The first-order valence-corrected chi connectivity index (χ1v) is 8.89. The highest BCUT2D eigenvalue weighted by Crippen LogP contribution is 2.36. The fourth-order valence-corrected chi connectivity index (χ4v) is 4.74. The fourth-order valence-electron chi connectivity index (χ4n) is 2.52. The molecule has 0 N–H and O–H groups in total. The van der Waals surface area contributed by atoms with Gasteiger partial charge in [0.05, 0.1) is 9.82 Å². The zero-order valence-corrected chi connectivity index (χ0v) is 14.1. The highest BCUT2D eigenvalue weighted by atomic mass is 32.2. The summed E-state index contributed by atoms with van der Waals surface area (Å²) in [7, 11) is -3.64. The van der Waals surface area contributed by atoms with E-state index < -0.39 is 14.9 Å². The van der Waals surface area contributed by atoms with Gasteiger partial charge in [-0.3, -0.25) is 10.1 Å². The Morgan fingerprint density at radius 1 is 1.27 bits per heavy atom. The Hall–Kier alpha value is -1.47. The molecule has 1 unspecified atom stereocenters. The molecular formula is C15H22N2O4S. The molecular weight excluding hydrogens is 304 g/mol. The average molecular weight is 326 g/mol. The van der Waals surface area contributed by atoms with Gasteiger partial charge in [0.2, 0.25) is 10.0 Å². The van der Waals surface area contributed by atoms with Crippen LogP contribution in [0.4, 0.5) is 5.69 Å². The van der Waals surface area contributed by atoms with E-state index in [1.54, 1.807) is 11.2 Å². The molecule has 0 aromatic heterocycles. The smallest absolute Gasteiger partial charge is 0.258 e. The van der Waals surface area contributed by atoms with Gasteiger partial charge in [0.15, 0.2) is 0 Å². The molecule has 1 aromatic rings. The molecule has 6 nitrogen and oxygen atoms in total. The second-order valence-corrected chi connectivity index (χ2v) is 8.07. The van der Waals surface area contributed by atoms with E-state index in [2.05, 4.69) is 0 Å². The average Bonchev–Trinajstić information content (AvgIpc) is 3.22. The Bertz CT molecular complexity index is 681. The summed E-state index contributed by atoms with van der Waals surface area (Å²) in [5.41, 5.74) is 0.321. The normalized spacial score (nSPS) is 17.0. The predicted molar refractivity (Wildman–Crippen MR) is 84.2 cm³/mol. The van der Waals surface area contributed by atoms with Crippen LogP contribution in [-0.4, -0.2) is 29.7 Å². The maximum Gasteiger partial charge on any atom is 0.269 e. The lowest BCUT2D eigenvalue weighted by atomic mass is 10.1.